The van der Waals surface area contributed by atoms with Crippen molar-refractivity contribution in [2.24, 2.45) is 0 Å². The van der Waals surface area contributed by atoms with Crippen molar-refractivity contribution in [3.05, 3.63) is 83.4 Å². The van der Waals surface area contributed by atoms with Crippen LogP contribution in [0.25, 0.3) is 0 Å². The van der Waals surface area contributed by atoms with Gasteiger partial charge in [-0.05, 0) is 54.1 Å². The smallest absolute Gasteiger partial charge is 0.262 e. The summed E-state index contributed by atoms with van der Waals surface area (Å²) in [7, 11) is -2.37. The second-order valence-corrected chi connectivity index (χ2v) is 9.43. The summed E-state index contributed by atoms with van der Waals surface area (Å²) in [6, 6.07) is 13.8. The van der Waals surface area contributed by atoms with Gasteiger partial charge >= 0.3 is 0 Å². The van der Waals surface area contributed by atoms with Crippen molar-refractivity contribution in [2.45, 2.75) is 17.9 Å². The molecule has 1 heterocycles. The molecule has 7 nitrogen and oxygen atoms in total. The van der Waals surface area contributed by atoms with Crippen molar-refractivity contribution in [3.63, 3.8) is 0 Å². The molecule has 0 atom stereocenters. The number of hydrogen-bond acceptors (Lipinski definition) is 5. The molecule has 0 unspecified atom stereocenters. The SMILES string of the molecule is CN(Cc1ccc(F)c(F)c1)C(=O)c1ccc(NS(=O)(=O)c2ccc3c(c2)OCCCO3)cc1. The fourth-order valence-electron chi connectivity index (χ4n) is 3.41. The third-order valence-electron chi connectivity index (χ3n) is 5.16. The van der Waals surface area contributed by atoms with Gasteiger partial charge in [0.15, 0.2) is 23.1 Å². The molecular weight excluding hydrogens is 466 g/mol. The van der Waals surface area contributed by atoms with Crippen LogP contribution in [0.3, 0.4) is 0 Å². The Labute approximate surface area is 196 Å². The Morgan fingerprint density at radius 1 is 0.941 bits per heavy atom. The number of ether oxygens (including phenoxy) is 2. The van der Waals surface area contributed by atoms with Gasteiger partial charge in [0.2, 0.25) is 0 Å². The molecule has 1 amide bonds. The van der Waals surface area contributed by atoms with Crippen LogP contribution in [-0.2, 0) is 16.6 Å². The number of sulfonamides is 1. The number of amides is 1. The Morgan fingerprint density at radius 3 is 2.35 bits per heavy atom. The summed E-state index contributed by atoms with van der Waals surface area (Å²) in [6.45, 7) is 1.01. The number of halogens is 2. The van der Waals surface area contributed by atoms with Crippen LogP contribution in [0, 0.1) is 11.6 Å². The van der Waals surface area contributed by atoms with Crippen LogP contribution < -0.4 is 14.2 Å². The van der Waals surface area contributed by atoms with Gasteiger partial charge < -0.3 is 14.4 Å². The fourth-order valence-corrected chi connectivity index (χ4v) is 4.48. The number of rotatable bonds is 6. The van der Waals surface area contributed by atoms with E-state index in [1.54, 1.807) is 6.07 Å². The third-order valence-corrected chi connectivity index (χ3v) is 6.54. The number of carbonyl (C=O) groups excluding carboxylic acids is 1. The molecule has 0 radical (unpaired) electrons. The van der Waals surface area contributed by atoms with Gasteiger partial charge in [-0.25, -0.2) is 17.2 Å². The summed E-state index contributed by atoms with van der Waals surface area (Å²) < 4.78 is 65.7. The predicted octanol–water partition coefficient (Wildman–Crippen LogP) is 4.20. The molecule has 4 rings (SSSR count). The van der Waals surface area contributed by atoms with Gasteiger partial charge in [-0.1, -0.05) is 6.07 Å². The normalized spacial score (nSPS) is 13.1. The maximum Gasteiger partial charge on any atom is 0.262 e. The minimum atomic E-state index is -3.90. The summed E-state index contributed by atoms with van der Waals surface area (Å²) in [5, 5.41) is 0. The van der Waals surface area contributed by atoms with Gasteiger partial charge in [0, 0.05) is 37.3 Å². The molecule has 0 spiro atoms. The minimum Gasteiger partial charge on any atom is -0.490 e. The maximum atomic E-state index is 13.4. The number of fused-ring (bicyclic) bond motifs is 1. The van der Waals surface area contributed by atoms with Crippen molar-refractivity contribution in [1.82, 2.24) is 4.90 Å². The second-order valence-electron chi connectivity index (χ2n) is 7.75. The van der Waals surface area contributed by atoms with Crippen LogP contribution in [0.15, 0.2) is 65.6 Å². The van der Waals surface area contributed by atoms with Crippen molar-refractivity contribution >= 4 is 21.6 Å². The maximum absolute atomic E-state index is 13.4. The number of nitrogens with one attached hydrogen (secondary N) is 1. The summed E-state index contributed by atoms with van der Waals surface area (Å²) >= 11 is 0. The number of anilines is 1. The standard InChI is InChI=1S/C24H22F2N2O5S/c1-28(15-16-3-9-20(25)21(26)13-16)24(29)17-4-6-18(7-5-17)27-34(30,31)19-8-10-22-23(14-19)33-12-2-11-32-22/h3-10,13-14,27H,2,11-12,15H2,1H3. The third kappa shape index (κ3) is 5.28. The van der Waals surface area contributed by atoms with Gasteiger partial charge in [-0.2, -0.15) is 0 Å². The molecule has 0 aliphatic carbocycles. The van der Waals surface area contributed by atoms with Crippen LogP contribution in [0.5, 0.6) is 11.5 Å². The Kier molecular flexibility index (Phi) is 6.69. The van der Waals surface area contributed by atoms with Crippen molar-refractivity contribution in [1.29, 1.82) is 0 Å². The van der Waals surface area contributed by atoms with E-state index < -0.39 is 21.7 Å². The summed E-state index contributed by atoms with van der Waals surface area (Å²) in [6.07, 6.45) is 0.704. The zero-order valence-corrected chi connectivity index (χ0v) is 19.1. The number of benzene rings is 3. The molecule has 1 aliphatic rings. The van der Waals surface area contributed by atoms with E-state index in [2.05, 4.69) is 4.72 Å². The molecule has 1 aliphatic heterocycles. The van der Waals surface area contributed by atoms with Crippen LogP contribution in [0.4, 0.5) is 14.5 Å². The zero-order valence-electron chi connectivity index (χ0n) is 18.3. The number of carbonyl (C=O) groups is 1. The van der Waals surface area contributed by atoms with E-state index in [0.29, 0.717) is 42.3 Å². The number of hydrogen-bond donors (Lipinski definition) is 1. The summed E-state index contributed by atoms with van der Waals surface area (Å²) in [5.74, 6) is -1.44. The number of nitrogens with zero attached hydrogens (tertiary/aromatic N) is 1. The summed E-state index contributed by atoms with van der Waals surface area (Å²) in [5.41, 5.74) is 1.02. The van der Waals surface area contributed by atoms with Crippen molar-refractivity contribution in [2.75, 3.05) is 25.0 Å². The molecule has 10 heteroatoms. The van der Waals surface area contributed by atoms with Gasteiger partial charge in [-0.15, -0.1) is 0 Å². The van der Waals surface area contributed by atoms with Crippen LogP contribution in [0.1, 0.15) is 22.3 Å². The first-order chi connectivity index (χ1) is 16.2. The van der Waals surface area contributed by atoms with E-state index in [0.717, 1.165) is 12.1 Å². The molecule has 34 heavy (non-hydrogen) atoms. The van der Waals surface area contributed by atoms with Crippen LogP contribution >= 0.6 is 0 Å². The monoisotopic (exact) mass is 488 g/mol. The van der Waals surface area contributed by atoms with Crippen molar-refractivity contribution < 1.29 is 31.5 Å². The van der Waals surface area contributed by atoms with Gasteiger partial charge in [-0.3, -0.25) is 9.52 Å². The molecule has 0 saturated carbocycles. The Balaban J connectivity index is 1.44. The van der Waals surface area contributed by atoms with Gasteiger partial charge in [0.05, 0.1) is 18.1 Å². The minimum absolute atomic E-state index is 0.0168. The van der Waals surface area contributed by atoms with Crippen LogP contribution in [-0.4, -0.2) is 39.5 Å². The average Bonchev–Trinajstić information content (AvgIpc) is 3.06. The largest absolute Gasteiger partial charge is 0.490 e. The van der Waals surface area contributed by atoms with E-state index in [1.165, 1.54) is 54.4 Å². The lowest BCUT2D eigenvalue weighted by Gasteiger charge is -2.18. The molecule has 3 aromatic carbocycles. The summed E-state index contributed by atoms with van der Waals surface area (Å²) in [4.78, 5) is 14.0. The molecule has 178 valence electrons. The zero-order chi connectivity index (χ0) is 24.3. The van der Waals surface area contributed by atoms with E-state index >= 15 is 0 Å². The average molecular weight is 489 g/mol. The second kappa shape index (κ2) is 9.68. The highest BCUT2D eigenvalue weighted by Gasteiger charge is 2.20. The van der Waals surface area contributed by atoms with E-state index in [-0.39, 0.29) is 23.0 Å². The predicted molar refractivity (Wildman–Crippen MR) is 121 cm³/mol. The topological polar surface area (TPSA) is 84.9 Å². The highest BCUT2D eigenvalue weighted by Crippen LogP contribution is 2.32. The first kappa shape index (κ1) is 23.5. The van der Waals surface area contributed by atoms with E-state index in [4.69, 9.17) is 9.47 Å². The van der Waals surface area contributed by atoms with Crippen LogP contribution in [0.2, 0.25) is 0 Å². The molecule has 3 aromatic rings. The van der Waals surface area contributed by atoms with E-state index in [1.807, 2.05) is 0 Å². The Bertz CT molecular complexity index is 1310. The molecule has 0 fully saturated rings. The Hall–Kier alpha value is -3.66. The highest BCUT2D eigenvalue weighted by molar-refractivity contribution is 7.92. The fraction of sp³-hybridized carbons (Fsp3) is 0.208. The molecule has 0 aromatic heterocycles. The van der Waals surface area contributed by atoms with Gasteiger partial charge in [0.25, 0.3) is 15.9 Å². The van der Waals surface area contributed by atoms with Crippen molar-refractivity contribution in [3.8, 4) is 11.5 Å². The lowest BCUT2D eigenvalue weighted by Crippen LogP contribution is -2.26. The molecule has 1 N–H and O–H groups in total. The first-order valence-corrected chi connectivity index (χ1v) is 11.9. The molecular formula is C24H22F2N2O5S. The lowest BCUT2D eigenvalue weighted by atomic mass is 10.1. The highest BCUT2D eigenvalue weighted by atomic mass is 32.2. The first-order valence-electron chi connectivity index (χ1n) is 10.4. The van der Waals surface area contributed by atoms with E-state index in [9.17, 15) is 22.0 Å². The molecule has 0 bridgehead atoms. The molecule has 0 saturated heterocycles. The van der Waals surface area contributed by atoms with Gasteiger partial charge in [0.1, 0.15) is 0 Å². The Morgan fingerprint density at radius 2 is 1.65 bits per heavy atom. The quantitative estimate of drug-likeness (QED) is 0.562. The lowest BCUT2D eigenvalue weighted by molar-refractivity contribution is 0.0785.